The minimum Gasteiger partial charge on any atom is -0.206 e. The monoisotopic (exact) mass is 454 g/mol. The molecule has 0 aliphatic carbocycles. The molecule has 0 bridgehead atoms. The summed E-state index contributed by atoms with van der Waals surface area (Å²) in [6.45, 7) is 1.90. The Morgan fingerprint density at radius 2 is 1.39 bits per heavy atom. The molecule has 0 heterocycles. The highest BCUT2D eigenvalue weighted by Crippen LogP contribution is 2.30. The molecule has 0 atom stereocenters. The van der Waals surface area contributed by atoms with Crippen LogP contribution in [0.15, 0.2) is 54.6 Å². The predicted molar refractivity (Wildman–Crippen MR) is 116 cm³/mol. The lowest BCUT2D eigenvalue weighted by molar-refractivity contribution is 0.453. The first-order chi connectivity index (χ1) is 15.8. The third-order valence-electron chi connectivity index (χ3n) is 5.23. The molecule has 0 radical (unpaired) electrons. The SMILES string of the molecule is CCCc1cc(F)c(C#Cc2ccc(-c3ccc4c(F)c(F)c(F)cc4c3)c(F)c2)c(F)c1. The van der Waals surface area contributed by atoms with Crippen LogP contribution in [0.4, 0.5) is 26.3 Å². The summed E-state index contributed by atoms with van der Waals surface area (Å²) in [5.74, 6) is -1.52. The van der Waals surface area contributed by atoms with E-state index in [-0.39, 0.29) is 21.9 Å². The van der Waals surface area contributed by atoms with Crippen LogP contribution in [0.3, 0.4) is 0 Å². The van der Waals surface area contributed by atoms with Crippen molar-refractivity contribution >= 4 is 10.8 Å². The van der Waals surface area contributed by atoms with Crippen LogP contribution in [0.25, 0.3) is 21.9 Å². The zero-order chi connectivity index (χ0) is 23.7. The fourth-order valence-corrected chi connectivity index (χ4v) is 3.61. The Hall–Kier alpha value is -3.72. The Morgan fingerprint density at radius 1 is 0.667 bits per heavy atom. The van der Waals surface area contributed by atoms with Gasteiger partial charge in [0.2, 0.25) is 0 Å². The van der Waals surface area contributed by atoms with E-state index in [0.717, 1.165) is 18.6 Å². The molecule has 0 N–H and O–H groups in total. The molecule has 33 heavy (non-hydrogen) atoms. The lowest BCUT2D eigenvalue weighted by Gasteiger charge is -2.08. The van der Waals surface area contributed by atoms with Crippen molar-refractivity contribution in [2.45, 2.75) is 19.8 Å². The Kier molecular flexibility index (Phi) is 6.15. The fraction of sp³-hybridized carbons (Fsp3) is 0.111. The minimum absolute atomic E-state index is 0.0737. The maximum absolute atomic E-state index is 14.8. The first-order valence-electron chi connectivity index (χ1n) is 10.2. The van der Waals surface area contributed by atoms with Crippen molar-refractivity contribution in [1.29, 1.82) is 0 Å². The van der Waals surface area contributed by atoms with E-state index in [4.69, 9.17) is 0 Å². The fourth-order valence-electron chi connectivity index (χ4n) is 3.61. The normalized spacial score (nSPS) is 10.9. The Bertz CT molecular complexity index is 1420. The summed E-state index contributed by atoms with van der Waals surface area (Å²) in [6, 6.07) is 11.2. The van der Waals surface area contributed by atoms with Gasteiger partial charge in [-0.25, -0.2) is 26.3 Å². The highest BCUT2D eigenvalue weighted by atomic mass is 19.2. The molecule has 0 aliphatic heterocycles. The van der Waals surface area contributed by atoms with E-state index in [9.17, 15) is 26.3 Å². The molecular formula is C27H16F6. The van der Waals surface area contributed by atoms with Gasteiger partial charge in [0.25, 0.3) is 0 Å². The number of halogens is 6. The Balaban J connectivity index is 1.67. The van der Waals surface area contributed by atoms with Crippen LogP contribution >= 0.6 is 0 Å². The van der Waals surface area contributed by atoms with Gasteiger partial charge in [-0.1, -0.05) is 43.4 Å². The molecule has 0 aliphatic rings. The van der Waals surface area contributed by atoms with E-state index in [1.807, 2.05) is 6.92 Å². The number of fused-ring (bicyclic) bond motifs is 1. The van der Waals surface area contributed by atoms with Crippen molar-refractivity contribution in [3.63, 3.8) is 0 Å². The van der Waals surface area contributed by atoms with Crippen molar-refractivity contribution in [2.24, 2.45) is 0 Å². The smallest absolute Gasteiger partial charge is 0.195 e. The highest BCUT2D eigenvalue weighted by molar-refractivity contribution is 5.88. The third-order valence-corrected chi connectivity index (χ3v) is 5.23. The average Bonchev–Trinajstić information content (AvgIpc) is 2.77. The van der Waals surface area contributed by atoms with E-state index in [0.29, 0.717) is 17.5 Å². The topological polar surface area (TPSA) is 0 Å². The van der Waals surface area contributed by atoms with E-state index in [1.165, 1.54) is 42.5 Å². The molecule has 166 valence electrons. The lowest BCUT2D eigenvalue weighted by atomic mass is 9.99. The van der Waals surface area contributed by atoms with Gasteiger partial charge >= 0.3 is 0 Å². The van der Waals surface area contributed by atoms with Crippen molar-refractivity contribution < 1.29 is 26.3 Å². The first-order valence-corrected chi connectivity index (χ1v) is 10.2. The van der Waals surface area contributed by atoms with Crippen LogP contribution < -0.4 is 0 Å². The molecule has 0 fully saturated rings. The summed E-state index contributed by atoms with van der Waals surface area (Å²) in [7, 11) is 0. The van der Waals surface area contributed by atoms with Crippen molar-refractivity contribution in [2.75, 3.05) is 0 Å². The highest BCUT2D eigenvalue weighted by Gasteiger charge is 2.15. The zero-order valence-corrected chi connectivity index (χ0v) is 17.4. The Morgan fingerprint density at radius 3 is 2.06 bits per heavy atom. The third kappa shape index (κ3) is 4.45. The van der Waals surface area contributed by atoms with E-state index < -0.39 is 40.5 Å². The van der Waals surface area contributed by atoms with Crippen LogP contribution in [-0.4, -0.2) is 0 Å². The summed E-state index contributed by atoms with van der Waals surface area (Å²) in [6.07, 6.45) is 1.28. The Labute approximate surface area is 186 Å². The second-order valence-corrected chi connectivity index (χ2v) is 7.55. The van der Waals surface area contributed by atoms with Gasteiger partial charge in [0.15, 0.2) is 17.5 Å². The number of aryl methyl sites for hydroxylation is 1. The maximum Gasteiger partial charge on any atom is 0.195 e. The number of hydrogen-bond acceptors (Lipinski definition) is 0. The van der Waals surface area contributed by atoms with Gasteiger partial charge in [-0.05, 0) is 59.3 Å². The first kappa shape index (κ1) is 22.5. The number of rotatable bonds is 3. The molecule has 0 unspecified atom stereocenters. The molecule has 4 aromatic carbocycles. The van der Waals surface area contributed by atoms with Gasteiger partial charge in [-0.2, -0.15) is 0 Å². The average molecular weight is 454 g/mol. The van der Waals surface area contributed by atoms with Crippen molar-refractivity contribution in [1.82, 2.24) is 0 Å². The quantitative estimate of drug-likeness (QED) is 0.169. The van der Waals surface area contributed by atoms with Crippen molar-refractivity contribution in [3.05, 3.63) is 106 Å². The van der Waals surface area contributed by atoms with Gasteiger partial charge in [-0.3, -0.25) is 0 Å². The molecule has 0 saturated heterocycles. The van der Waals surface area contributed by atoms with Crippen LogP contribution in [0, 0.1) is 46.7 Å². The summed E-state index contributed by atoms with van der Waals surface area (Å²) < 4.78 is 84.1. The van der Waals surface area contributed by atoms with Crippen molar-refractivity contribution in [3.8, 4) is 23.0 Å². The second kappa shape index (κ2) is 9.03. The summed E-state index contributed by atoms with van der Waals surface area (Å²) in [4.78, 5) is 0. The summed E-state index contributed by atoms with van der Waals surface area (Å²) >= 11 is 0. The maximum atomic E-state index is 14.8. The predicted octanol–water partition coefficient (Wildman–Crippen LogP) is 7.69. The van der Waals surface area contributed by atoms with Crippen LogP contribution in [-0.2, 0) is 6.42 Å². The van der Waals surface area contributed by atoms with Crippen LogP contribution in [0.1, 0.15) is 30.0 Å². The van der Waals surface area contributed by atoms with Gasteiger partial charge in [-0.15, -0.1) is 0 Å². The molecule has 0 saturated carbocycles. The second-order valence-electron chi connectivity index (χ2n) is 7.55. The molecule has 0 nitrogen and oxygen atoms in total. The van der Waals surface area contributed by atoms with E-state index >= 15 is 0 Å². The van der Waals surface area contributed by atoms with Crippen LogP contribution in [0.2, 0.25) is 0 Å². The largest absolute Gasteiger partial charge is 0.206 e. The van der Waals surface area contributed by atoms with Crippen LogP contribution in [0.5, 0.6) is 0 Å². The van der Waals surface area contributed by atoms with E-state index in [1.54, 1.807) is 0 Å². The minimum atomic E-state index is -1.57. The molecule has 6 heteroatoms. The summed E-state index contributed by atoms with van der Waals surface area (Å²) in [5, 5.41) is -0.0563. The van der Waals surface area contributed by atoms with Gasteiger partial charge in [0.1, 0.15) is 17.5 Å². The van der Waals surface area contributed by atoms with Gasteiger partial charge < -0.3 is 0 Å². The zero-order valence-electron chi connectivity index (χ0n) is 17.4. The molecule has 0 spiro atoms. The van der Waals surface area contributed by atoms with E-state index in [2.05, 4.69) is 11.8 Å². The molecule has 4 aromatic rings. The lowest BCUT2D eigenvalue weighted by Crippen LogP contribution is -1.95. The molecule has 0 amide bonds. The van der Waals surface area contributed by atoms with Gasteiger partial charge in [0.05, 0.1) is 5.56 Å². The number of benzene rings is 4. The van der Waals surface area contributed by atoms with Gasteiger partial charge in [0, 0.05) is 16.5 Å². The molecular weight excluding hydrogens is 438 g/mol. The molecule has 0 aromatic heterocycles. The molecule has 4 rings (SSSR count). The summed E-state index contributed by atoms with van der Waals surface area (Å²) in [5.41, 5.74) is 0.756. The number of hydrogen-bond donors (Lipinski definition) is 0. The standard InChI is InChI=1S/C27H16F6/c1-2-3-16-11-23(29)21(24(30)12-16)8-5-15-4-7-19(22(28)10-15)17-6-9-20-18(13-17)14-25(31)27(33)26(20)32/h4,6-7,9-14H,2-3H2,1H3.